The quantitative estimate of drug-likeness (QED) is 0.807. The third kappa shape index (κ3) is 5.81. The van der Waals surface area contributed by atoms with Gasteiger partial charge in [-0.3, -0.25) is 0 Å². The van der Waals surface area contributed by atoms with Gasteiger partial charge in [0.15, 0.2) is 0 Å². The van der Waals surface area contributed by atoms with Gasteiger partial charge in [-0.05, 0) is 26.7 Å². The SMILES string of the molecule is CC(C)[C@H](NC(=O)OC(C)(C)C)C(F)(F)CO. The number of rotatable bonds is 4. The van der Waals surface area contributed by atoms with Crippen LogP contribution in [0.15, 0.2) is 0 Å². The Balaban J connectivity index is 4.63. The number of hydrogen-bond acceptors (Lipinski definition) is 3. The van der Waals surface area contributed by atoms with Crippen molar-refractivity contribution in [1.82, 2.24) is 5.32 Å². The number of carbonyl (C=O) groups is 1. The molecule has 0 fully saturated rings. The first kappa shape index (κ1) is 16.1. The van der Waals surface area contributed by atoms with Crippen LogP contribution in [0.1, 0.15) is 34.6 Å². The molecule has 0 saturated carbocycles. The topological polar surface area (TPSA) is 58.6 Å². The summed E-state index contributed by atoms with van der Waals surface area (Å²) < 4.78 is 31.6. The van der Waals surface area contributed by atoms with Crippen molar-refractivity contribution in [3.05, 3.63) is 0 Å². The van der Waals surface area contributed by atoms with Gasteiger partial charge in [-0.1, -0.05) is 13.8 Å². The Hall–Kier alpha value is -0.910. The normalized spacial score (nSPS) is 14.6. The molecular formula is C11H21F2NO3. The molecule has 0 saturated heterocycles. The number of alkyl carbamates (subject to hydrolysis) is 1. The summed E-state index contributed by atoms with van der Waals surface area (Å²) in [5.74, 6) is -3.89. The molecule has 0 aliphatic heterocycles. The Morgan fingerprint density at radius 1 is 1.35 bits per heavy atom. The number of aliphatic hydroxyl groups is 1. The molecule has 0 aromatic heterocycles. The van der Waals surface area contributed by atoms with Crippen molar-refractivity contribution in [2.45, 2.75) is 52.2 Å². The lowest BCUT2D eigenvalue weighted by atomic mass is 9.98. The molecule has 0 aromatic carbocycles. The average molecular weight is 253 g/mol. The van der Waals surface area contributed by atoms with Crippen molar-refractivity contribution in [2.24, 2.45) is 5.92 Å². The molecule has 102 valence electrons. The molecule has 0 unspecified atom stereocenters. The molecule has 0 rings (SSSR count). The van der Waals surface area contributed by atoms with Gasteiger partial charge in [0.05, 0.1) is 0 Å². The third-order valence-electron chi connectivity index (χ3n) is 2.00. The second-order valence-electron chi connectivity index (χ2n) is 5.29. The number of hydrogen-bond donors (Lipinski definition) is 2. The number of halogens is 2. The summed E-state index contributed by atoms with van der Waals surface area (Å²) in [6.07, 6.45) is -0.913. The van der Waals surface area contributed by atoms with Gasteiger partial charge in [0, 0.05) is 0 Å². The molecule has 0 aliphatic carbocycles. The van der Waals surface area contributed by atoms with Crippen molar-refractivity contribution in [2.75, 3.05) is 6.61 Å². The van der Waals surface area contributed by atoms with Crippen LogP contribution in [0.4, 0.5) is 13.6 Å². The average Bonchev–Trinajstić information content (AvgIpc) is 2.10. The highest BCUT2D eigenvalue weighted by Gasteiger charge is 2.42. The molecule has 4 nitrogen and oxygen atoms in total. The highest BCUT2D eigenvalue weighted by atomic mass is 19.3. The first-order chi connectivity index (χ1) is 7.49. The molecule has 17 heavy (non-hydrogen) atoms. The lowest BCUT2D eigenvalue weighted by Crippen LogP contribution is -2.53. The van der Waals surface area contributed by atoms with E-state index in [9.17, 15) is 13.6 Å². The van der Waals surface area contributed by atoms with Crippen LogP contribution in [0, 0.1) is 5.92 Å². The van der Waals surface area contributed by atoms with Crippen molar-refractivity contribution < 1.29 is 23.4 Å². The molecule has 1 atom stereocenters. The fourth-order valence-electron chi connectivity index (χ4n) is 1.29. The molecule has 0 radical (unpaired) electrons. The second-order valence-corrected chi connectivity index (χ2v) is 5.29. The van der Waals surface area contributed by atoms with Crippen molar-refractivity contribution >= 4 is 6.09 Å². The summed E-state index contributed by atoms with van der Waals surface area (Å²) in [5, 5.41) is 10.7. The highest BCUT2D eigenvalue weighted by molar-refractivity contribution is 5.68. The van der Waals surface area contributed by atoms with Gasteiger partial charge >= 0.3 is 6.09 Å². The van der Waals surface area contributed by atoms with Crippen LogP contribution in [0.5, 0.6) is 0 Å². The summed E-state index contributed by atoms with van der Waals surface area (Å²) in [7, 11) is 0. The largest absolute Gasteiger partial charge is 0.444 e. The zero-order chi connectivity index (χ0) is 13.9. The Labute approximate surface area is 100 Å². The van der Waals surface area contributed by atoms with Gasteiger partial charge < -0.3 is 15.2 Å². The molecule has 2 N–H and O–H groups in total. The monoisotopic (exact) mass is 253 g/mol. The summed E-state index contributed by atoms with van der Waals surface area (Å²) in [6, 6.07) is -1.46. The standard InChI is InChI=1S/C11H21F2NO3/c1-7(2)8(11(12,13)6-15)14-9(16)17-10(3,4)5/h7-8,15H,6H2,1-5H3,(H,14,16)/t8-/m0/s1. The number of nitrogens with one attached hydrogen (secondary N) is 1. The summed E-state index contributed by atoms with van der Waals surface area (Å²) in [5.41, 5.74) is -0.750. The fourth-order valence-corrected chi connectivity index (χ4v) is 1.29. The van der Waals surface area contributed by atoms with Crippen molar-refractivity contribution in [3.8, 4) is 0 Å². The number of amides is 1. The lowest BCUT2D eigenvalue weighted by Gasteiger charge is -2.30. The zero-order valence-corrected chi connectivity index (χ0v) is 10.9. The van der Waals surface area contributed by atoms with Crippen molar-refractivity contribution in [1.29, 1.82) is 0 Å². The van der Waals surface area contributed by atoms with Crippen LogP contribution in [-0.4, -0.2) is 35.4 Å². The minimum atomic E-state index is -3.37. The van der Waals surface area contributed by atoms with E-state index < -0.39 is 36.2 Å². The Kier molecular flexibility index (Phi) is 5.32. The summed E-state index contributed by atoms with van der Waals surface area (Å²) >= 11 is 0. The zero-order valence-electron chi connectivity index (χ0n) is 10.9. The number of carbonyl (C=O) groups excluding carboxylic acids is 1. The van der Waals surface area contributed by atoms with Gasteiger partial charge in [0.25, 0.3) is 5.92 Å². The Bertz CT molecular complexity index is 262. The maximum absolute atomic E-state index is 13.3. The van der Waals surface area contributed by atoms with Crippen LogP contribution in [0.25, 0.3) is 0 Å². The molecule has 1 amide bonds. The van der Waals surface area contributed by atoms with E-state index in [4.69, 9.17) is 9.84 Å². The van der Waals surface area contributed by atoms with E-state index in [1.165, 1.54) is 13.8 Å². The molecule has 0 bridgehead atoms. The van der Waals surface area contributed by atoms with Gasteiger partial charge in [-0.2, -0.15) is 0 Å². The Morgan fingerprint density at radius 3 is 2.12 bits per heavy atom. The smallest absolute Gasteiger partial charge is 0.408 e. The van der Waals surface area contributed by atoms with Crippen LogP contribution < -0.4 is 5.32 Å². The van der Waals surface area contributed by atoms with E-state index in [0.29, 0.717) is 0 Å². The van der Waals surface area contributed by atoms with Gasteiger partial charge in [-0.25, -0.2) is 13.6 Å². The van der Waals surface area contributed by atoms with Crippen LogP contribution in [-0.2, 0) is 4.74 Å². The van der Waals surface area contributed by atoms with E-state index in [0.717, 1.165) is 0 Å². The van der Waals surface area contributed by atoms with Crippen molar-refractivity contribution in [3.63, 3.8) is 0 Å². The predicted molar refractivity (Wildman–Crippen MR) is 60.0 cm³/mol. The minimum absolute atomic E-state index is 0.523. The molecule has 0 aliphatic rings. The highest BCUT2D eigenvalue weighted by Crippen LogP contribution is 2.24. The van der Waals surface area contributed by atoms with E-state index >= 15 is 0 Å². The Morgan fingerprint density at radius 2 is 1.82 bits per heavy atom. The second kappa shape index (κ2) is 5.62. The number of aliphatic hydroxyl groups excluding tert-OH is 1. The number of ether oxygens (including phenoxy) is 1. The maximum atomic E-state index is 13.3. The van der Waals surface area contributed by atoms with Crippen LogP contribution >= 0.6 is 0 Å². The fraction of sp³-hybridized carbons (Fsp3) is 0.909. The molecule has 0 aromatic rings. The first-order valence-corrected chi connectivity index (χ1v) is 5.48. The first-order valence-electron chi connectivity index (χ1n) is 5.48. The summed E-state index contributed by atoms with van der Waals surface area (Å²) in [4.78, 5) is 11.4. The molecule has 0 spiro atoms. The maximum Gasteiger partial charge on any atom is 0.408 e. The minimum Gasteiger partial charge on any atom is -0.444 e. The van der Waals surface area contributed by atoms with E-state index in [1.807, 2.05) is 0 Å². The third-order valence-corrected chi connectivity index (χ3v) is 2.00. The van der Waals surface area contributed by atoms with E-state index in [2.05, 4.69) is 5.32 Å². The van der Waals surface area contributed by atoms with Gasteiger partial charge in [0.1, 0.15) is 18.2 Å². The predicted octanol–water partition coefficient (Wildman–Crippen LogP) is 2.16. The van der Waals surface area contributed by atoms with Gasteiger partial charge in [-0.15, -0.1) is 0 Å². The van der Waals surface area contributed by atoms with Crippen LogP contribution in [0.2, 0.25) is 0 Å². The number of alkyl halides is 2. The van der Waals surface area contributed by atoms with E-state index in [-0.39, 0.29) is 0 Å². The molecular weight excluding hydrogens is 232 g/mol. The van der Waals surface area contributed by atoms with E-state index in [1.54, 1.807) is 20.8 Å². The molecule has 0 heterocycles. The van der Waals surface area contributed by atoms with Gasteiger partial charge in [0.2, 0.25) is 0 Å². The molecule has 6 heteroatoms. The lowest BCUT2D eigenvalue weighted by molar-refractivity contribution is -0.0908. The van der Waals surface area contributed by atoms with Crippen LogP contribution in [0.3, 0.4) is 0 Å². The summed E-state index contributed by atoms with van der Waals surface area (Å²) in [6.45, 7) is 6.67.